The van der Waals surface area contributed by atoms with Crippen LogP contribution in [0, 0.1) is 5.92 Å². The third-order valence-electron chi connectivity index (χ3n) is 5.67. The lowest BCUT2D eigenvalue weighted by Gasteiger charge is -2.28. The van der Waals surface area contributed by atoms with E-state index in [4.69, 9.17) is 0 Å². The van der Waals surface area contributed by atoms with Crippen molar-refractivity contribution in [3.05, 3.63) is 34.9 Å². The van der Waals surface area contributed by atoms with Gasteiger partial charge in [0.2, 0.25) is 11.8 Å². The average molecular weight is 384 g/mol. The molecule has 0 spiro atoms. The van der Waals surface area contributed by atoms with Gasteiger partial charge in [-0.05, 0) is 43.0 Å². The molecule has 4 rings (SSSR count). The maximum atomic E-state index is 12.8. The van der Waals surface area contributed by atoms with Crippen molar-refractivity contribution in [2.45, 2.75) is 44.8 Å². The quantitative estimate of drug-likeness (QED) is 0.639. The first-order valence-corrected chi connectivity index (χ1v) is 9.72. The number of nitrogens with one attached hydrogen (secondary N) is 3. The van der Waals surface area contributed by atoms with Crippen LogP contribution in [-0.2, 0) is 16.1 Å². The van der Waals surface area contributed by atoms with Crippen LogP contribution in [0.3, 0.4) is 0 Å². The van der Waals surface area contributed by atoms with Gasteiger partial charge in [0.15, 0.2) is 0 Å². The fraction of sp³-hybridized carbons (Fsp3) is 0.500. The summed E-state index contributed by atoms with van der Waals surface area (Å²) < 4.78 is 0. The fourth-order valence-electron chi connectivity index (χ4n) is 4.20. The Morgan fingerprint density at radius 1 is 1.11 bits per heavy atom. The van der Waals surface area contributed by atoms with E-state index in [-0.39, 0.29) is 18.7 Å². The zero-order chi connectivity index (χ0) is 19.8. The summed E-state index contributed by atoms with van der Waals surface area (Å²) >= 11 is 0. The molecule has 3 N–H and O–H groups in total. The van der Waals surface area contributed by atoms with Gasteiger partial charge in [-0.1, -0.05) is 13.0 Å². The van der Waals surface area contributed by atoms with Gasteiger partial charge >= 0.3 is 0 Å². The first-order chi connectivity index (χ1) is 13.4. The van der Waals surface area contributed by atoms with E-state index in [0.717, 1.165) is 30.0 Å². The number of rotatable bonds is 4. The van der Waals surface area contributed by atoms with Crippen LogP contribution in [-0.4, -0.2) is 53.7 Å². The van der Waals surface area contributed by atoms with Gasteiger partial charge in [0, 0.05) is 25.6 Å². The molecule has 0 radical (unpaired) electrons. The van der Waals surface area contributed by atoms with Gasteiger partial charge in [0.05, 0.1) is 11.1 Å². The van der Waals surface area contributed by atoms with E-state index < -0.39 is 23.8 Å². The number of hydrogen-bond acceptors (Lipinski definition) is 6. The topological polar surface area (TPSA) is 108 Å². The Kier molecular flexibility index (Phi) is 4.99. The predicted octanol–water partition coefficient (Wildman–Crippen LogP) is 0.175. The highest BCUT2D eigenvalue weighted by Gasteiger charge is 2.44. The third kappa shape index (κ3) is 3.45. The summed E-state index contributed by atoms with van der Waals surface area (Å²) in [6, 6.07) is 4.66. The molecule has 1 aromatic rings. The van der Waals surface area contributed by atoms with E-state index in [1.165, 1.54) is 0 Å². The highest BCUT2D eigenvalue weighted by atomic mass is 16.2. The predicted molar refractivity (Wildman–Crippen MR) is 100 cm³/mol. The molecule has 3 aliphatic rings. The number of carbonyl (C=O) groups excluding carboxylic acids is 4. The van der Waals surface area contributed by atoms with E-state index in [9.17, 15) is 19.2 Å². The number of fused-ring (bicyclic) bond motifs is 1. The number of imide groups is 2. The van der Waals surface area contributed by atoms with E-state index in [0.29, 0.717) is 29.6 Å². The molecule has 3 heterocycles. The number of amides is 4. The highest BCUT2D eigenvalue weighted by molar-refractivity contribution is 6.23. The molecule has 148 valence electrons. The van der Waals surface area contributed by atoms with Gasteiger partial charge in [0.25, 0.3) is 11.8 Å². The summed E-state index contributed by atoms with van der Waals surface area (Å²) in [7, 11) is 0. The molecule has 1 aromatic carbocycles. The van der Waals surface area contributed by atoms with Gasteiger partial charge in [-0.15, -0.1) is 0 Å². The molecule has 2 fully saturated rings. The lowest BCUT2D eigenvalue weighted by atomic mass is 9.97. The molecule has 0 saturated carbocycles. The number of nitrogens with zero attached hydrogens (tertiary/aromatic N) is 1. The van der Waals surface area contributed by atoms with Crippen molar-refractivity contribution in [2.75, 3.05) is 13.1 Å². The Hall–Kier alpha value is -2.58. The summed E-state index contributed by atoms with van der Waals surface area (Å²) in [4.78, 5) is 50.0. The molecule has 2 saturated heterocycles. The smallest absolute Gasteiger partial charge is 0.262 e. The molecular weight excluding hydrogens is 360 g/mol. The van der Waals surface area contributed by atoms with Gasteiger partial charge in [-0.3, -0.25) is 29.4 Å². The Labute approximate surface area is 163 Å². The minimum Gasteiger partial charge on any atom is -0.315 e. The van der Waals surface area contributed by atoms with Gasteiger partial charge in [-0.2, -0.15) is 0 Å². The lowest BCUT2D eigenvalue weighted by Crippen LogP contribution is -2.54. The van der Waals surface area contributed by atoms with Crippen LogP contribution in [0.2, 0.25) is 0 Å². The standard InChI is InChI=1S/C20H24N4O4/c1-11-6-13(10-21-8-11)22-9-12-2-3-14-15(7-12)20(28)24(19(14)27)16-4-5-17(25)23-18(16)26/h2-3,7,11,13,16,21-22H,4-6,8-10H2,1H3,(H,23,25,26)/t11-,13-,16?/m0/s1. The largest absolute Gasteiger partial charge is 0.315 e. The maximum Gasteiger partial charge on any atom is 0.262 e. The van der Waals surface area contributed by atoms with Crippen LogP contribution in [0.5, 0.6) is 0 Å². The third-order valence-corrected chi connectivity index (χ3v) is 5.67. The number of piperidine rings is 2. The van der Waals surface area contributed by atoms with Crippen molar-refractivity contribution in [3.63, 3.8) is 0 Å². The Morgan fingerprint density at radius 2 is 1.89 bits per heavy atom. The maximum absolute atomic E-state index is 12.8. The van der Waals surface area contributed by atoms with Crippen LogP contribution in [0.4, 0.5) is 0 Å². The molecule has 3 aliphatic heterocycles. The Balaban J connectivity index is 1.48. The Morgan fingerprint density at radius 3 is 2.64 bits per heavy atom. The molecule has 0 aromatic heterocycles. The second kappa shape index (κ2) is 7.44. The van der Waals surface area contributed by atoms with Crippen LogP contribution in [0.25, 0.3) is 0 Å². The van der Waals surface area contributed by atoms with Gasteiger partial charge < -0.3 is 10.6 Å². The zero-order valence-electron chi connectivity index (χ0n) is 15.8. The minimum absolute atomic E-state index is 0.118. The molecule has 1 unspecified atom stereocenters. The monoisotopic (exact) mass is 384 g/mol. The molecule has 3 atom stereocenters. The molecule has 8 nitrogen and oxygen atoms in total. The number of hydrogen-bond donors (Lipinski definition) is 3. The SMILES string of the molecule is C[C@@H]1CNC[C@@H](NCc2ccc3c(c2)C(=O)N(C2CCC(=O)NC2=O)C3=O)C1. The molecular formula is C20H24N4O4. The summed E-state index contributed by atoms with van der Waals surface area (Å²) in [6.45, 7) is 4.76. The molecule has 28 heavy (non-hydrogen) atoms. The van der Waals surface area contributed by atoms with Crippen molar-refractivity contribution in [3.8, 4) is 0 Å². The second-order valence-corrected chi connectivity index (χ2v) is 7.90. The summed E-state index contributed by atoms with van der Waals surface area (Å²) in [5, 5.41) is 9.10. The van der Waals surface area contributed by atoms with E-state index in [1.54, 1.807) is 12.1 Å². The molecule has 0 bridgehead atoms. The van der Waals surface area contributed by atoms with Crippen molar-refractivity contribution in [1.29, 1.82) is 0 Å². The van der Waals surface area contributed by atoms with Crippen molar-refractivity contribution in [2.24, 2.45) is 5.92 Å². The van der Waals surface area contributed by atoms with Crippen LogP contribution in [0.1, 0.15) is 52.5 Å². The minimum atomic E-state index is -0.929. The fourth-order valence-corrected chi connectivity index (χ4v) is 4.20. The Bertz CT molecular complexity index is 853. The number of benzene rings is 1. The van der Waals surface area contributed by atoms with Crippen molar-refractivity contribution < 1.29 is 19.2 Å². The highest BCUT2D eigenvalue weighted by Crippen LogP contribution is 2.28. The second-order valence-electron chi connectivity index (χ2n) is 7.90. The average Bonchev–Trinajstić information content (AvgIpc) is 2.91. The normalized spacial score (nSPS) is 27.8. The lowest BCUT2D eigenvalue weighted by molar-refractivity contribution is -0.136. The van der Waals surface area contributed by atoms with Crippen molar-refractivity contribution in [1.82, 2.24) is 20.9 Å². The molecule has 4 amide bonds. The first-order valence-electron chi connectivity index (χ1n) is 9.72. The number of carbonyl (C=O) groups is 4. The molecule has 0 aliphatic carbocycles. The van der Waals surface area contributed by atoms with E-state index in [1.807, 2.05) is 6.07 Å². The van der Waals surface area contributed by atoms with E-state index in [2.05, 4.69) is 22.9 Å². The summed E-state index contributed by atoms with van der Waals surface area (Å²) in [5.41, 5.74) is 1.55. The van der Waals surface area contributed by atoms with Crippen LogP contribution >= 0.6 is 0 Å². The first kappa shape index (κ1) is 18.8. The van der Waals surface area contributed by atoms with Gasteiger partial charge in [0.1, 0.15) is 6.04 Å². The molecule has 8 heteroatoms. The zero-order valence-corrected chi connectivity index (χ0v) is 15.8. The van der Waals surface area contributed by atoms with Crippen LogP contribution in [0.15, 0.2) is 18.2 Å². The summed E-state index contributed by atoms with van der Waals surface area (Å²) in [6.07, 6.45) is 1.38. The van der Waals surface area contributed by atoms with Crippen molar-refractivity contribution >= 4 is 23.6 Å². The summed E-state index contributed by atoms with van der Waals surface area (Å²) in [5.74, 6) is -1.29. The van der Waals surface area contributed by atoms with Gasteiger partial charge in [-0.25, -0.2) is 0 Å². The van der Waals surface area contributed by atoms with E-state index >= 15 is 0 Å². The van der Waals surface area contributed by atoms with Crippen LogP contribution < -0.4 is 16.0 Å².